The van der Waals surface area contributed by atoms with Gasteiger partial charge in [-0.2, -0.15) is 5.26 Å². The topological polar surface area (TPSA) is 39.9 Å². The van der Waals surface area contributed by atoms with E-state index >= 15 is 0 Å². The molecule has 0 N–H and O–H groups in total. The van der Waals surface area contributed by atoms with Gasteiger partial charge in [0.15, 0.2) is 0 Å². The molecule has 3 heteroatoms. The lowest BCUT2D eigenvalue weighted by Crippen LogP contribution is -2.46. The van der Waals surface area contributed by atoms with Crippen molar-refractivity contribution >= 4 is 5.82 Å². The molecule has 0 amide bonds. The normalized spacial score (nSPS) is 29.1. The van der Waals surface area contributed by atoms with E-state index in [9.17, 15) is 5.26 Å². The number of nitriles is 1. The van der Waals surface area contributed by atoms with Crippen LogP contribution in [0.3, 0.4) is 0 Å². The molecule has 2 heterocycles. The molecular formula is C17H23N3. The van der Waals surface area contributed by atoms with Crippen molar-refractivity contribution in [3.05, 3.63) is 22.9 Å². The van der Waals surface area contributed by atoms with Crippen LogP contribution in [0.15, 0.2) is 6.07 Å². The first kappa shape index (κ1) is 13.4. The Labute approximate surface area is 121 Å². The average molecular weight is 269 g/mol. The van der Waals surface area contributed by atoms with Gasteiger partial charge in [-0.15, -0.1) is 0 Å². The van der Waals surface area contributed by atoms with E-state index in [1.54, 1.807) is 0 Å². The van der Waals surface area contributed by atoms with Gasteiger partial charge >= 0.3 is 0 Å². The summed E-state index contributed by atoms with van der Waals surface area (Å²) in [5.41, 5.74) is 3.27. The molecule has 106 valence electrons. The van der Waals surface area contributed by atoms with Crippen LogP contribution < -0.4 is 4.90 Å². The fraction of sp³-hybridized carbons (Fsp3) is 0.647. The number of aromatic nitrogens is 1. The smallest absolute Gasteiger partial charge is 0.147 e. The summed E-state index contributed by atoms with van der Waals surface area (Å²) in [7, 11) is 0. The van der Waals surface area contributed by atoms with Crippen LogP contribution in [-0.2, 0) is 12.8 Å². The molecule has 0 saturated carbocycles. The number of fused-ring (bicyclic) bond motifs is 1. The van der Waals surface area contributed by atoms with Crippen molar-refractivity contribution < 1.29 is 0 Å². The van der Waals surface area contributed by atoms with Gasteiger partial charge in [0, 0.05) is 18.3 Å². The van der Waals surface area contributed by atoms with E-state index in [2.05, 4.69) is 37.8 Å². The molecule has 0 bridgehead atoms. The van der Waals surface area contributed by atoms with Crippen LogP contribution in [0.25, 0.3) is 0 Å². The summed E-state index contributed by atoms with van der Waals surface area (Å²) in [5, 5.41) is 9.48. The maximum absolute atomic E-state index is 9.48. The van der Waals surface area contributed by atoms with Gasteiger partial charge in [0.2, 0.25) is 0 Å². The Balaban J connectivity index is 2.02. The summed E-state index contributed by atoms with van der Waals surface area (Å²) in [5.74, 6) is 2.25. The molecule has 0 aromatic carbocycles. The van der Waals surface area contributed by atoms with Crippen LogP contribution in [0.5, 0.6) is 0 Å². The molecule has 1 saturated heterocycles. The highest BCUT2D eigenvalue weighted by Crippen LogP contribution is 2.34. The molecule has 2 aliphatic rings. The minimum Gasteiger partial charge on any atom is -0.352 e. The zero-order valence-electron chi connectivity index (χ0n) is 12.7. The van der Waals surface area contributed by atoms with Crippen LogP contribution in [-0.4, -0.2) is 17.6 Å². The summed E-state index contributed by atoms with van der Waals surface area (Å²) in [6.45, 7) is 7.90. The maximum Gasteiger partial charge on any atom is 0.147 e. The molecular weight excluding hydrogens is 246 g/mol. The summed E-state index contributed by atoms with van der Waals surface area (Å²) < 4.78 is 0. The standard InChI is InChI=1S/C17H23N3/c1-11-7-12(2)13(3)20(10-11)17-15(9-18)8-14-5-4-6-16(14)19-17/h8,11-13H,4-7,10H2,1-3H3. The minimum absolute atomic E-state index is 0.463. The number of aryl methyl sites for hydroxylation is 2. The maximum atomic E-state index is 9.48. The Morgan fingerprint density at radius 3 is 2.85 bits per heavy atom. The van der Waals surface area contributed by atoms with E-state index in [4.69, 9.17) is 4.98 Å². The molecule has 1 aliphatic heterocycles. The average Bonchev–Trinajstić information content (AvgIpc) is 2.88. The third-order valence-electron chi connectivity index (χ3n) is 5.02. The van der Waals surface area contributed by atoms with Crippen LogP contribution in [0.2, 0.25) is 0 Å². The highest BCUT2D eigenvalue weighted by Gasteiger charge is 2.31. The first-order chi connectivity index (χ1) is 9.60. The van der Waals surface area contributed by atoms with Gasteiger partial charge in [-0.1, -0.05) is 13.8 Å². The predicted octanol–water partition coefficient (Wildman–Crippen LogP) is 3.31. The highest BCUT2D eigenvalue weighted by atomic mass is 15.2. The lowest BCUT2D eigenvalue weighted by molar-refractivity contribution is 0.295. The molecule has 3 rings (SSSR count). The van der Waals surface area contributed by atoms with Gasteiger partial charge in [-0.25, -0.2) is 4.98 Å². The van der Waals surface area contributed by atoms with Crippen LogP contribution in [0, 0.1) is 23.2 Å². The van der Waals surface area contributed by atoms with Gasteiger partial charge < -0.3 is 4.90 Å². The van der Waals surface area contributed by atoms with Crippen LogP contribution >= 0.6 is 0 Å². The number of rotatable bonds is 1. The monoisotopic (exact) mass is 269 g/mol. The van der Waals surface area contributed by atoms with Gasteiger partial charge in [-0.05, 0) is 56.1 Å². The van der Waals surface area contributed by atoms with Crippen LogP contribution in [0.4, 0.5) is 5.82 Å². The number of hydrogen-bond acceptors (Lipinski definition) is 3. The number of pyridine rings is 1. The lowest BCUT2D eigenvalue weighted by Gasteiger charge is -2.42. The van der Waals surface area contributed by atoms with E-state index in [-0.39, 0.29) is 0 Å². The Bertz CT molecular complexity index is 558. The molecule has 1 aromatic heterocycles. The zero-order chi connectivity index (χ0) is 14.3. The Hall–Kier alpha value is -1.56. The van der Waals surface area contributed by atoms with Gasteiger partial charge in [0.1, 0.15) is 11.9 Å². The van der Waals surface area contributed by atoms with Crippen LogP contribution in [0.1, 0.15) is 50.4 Å². The van der Waals surface area contributed by atoms with E-state index in [0.29, 0.717) is 17.9 Å². The number of hydrogen-bond donors (Lipinski definition) is 0. The van der Waals surface area contributed by atoms with Crippen molar-refractivity contribution in [3.8, 4) is 6.07 Å². The third kappa shape index (κ3) is 2.18. The molecule has 0 spiro atoms. The number of piperidine rings is 1. The number of anilines is 1. The first-order valence-electron chi connectivity index (χ1n) is 7.79. The minimum atomic E-state index is 0.463. The molecule has 0 radical (unpaired) electrons. The highest BCUT2D eigenvalue weighted by molar-refractivity contribution is 5.57. The van der Waals surface area contributed by atoms with E-state index in [1.807, 2.05) is 0 Å². The third-order valence-corrected chi connectivity index (χ3v) is 5.02. The van der Waals surface area contributed by atoms with Crippen molar-refractivity contribution in [1.29, 1.82) is 5.26 Å². The molecule has 20 heavy (non-hydrogen) atoms. The summed E-state index contributed by atoms with van der Waals surface area (Å²) in [4.78, 5) is 7.24. The van der Waals surface area contributed by atoms with Gasteiger partial charge in [-0.3, -0.25) is 0 Å². The van der Waals surface area contributed by atoms with E-state index in [0.717, 1.165) is 30.8 Å². The molecule has 1 fully saturated rings. The molecule has 1 aromatic rings. The Morgan fingerprint density at radius 1 is 1.30 bits per heavy atom. The van der Waals surface area contributed by atoms with Crippen molar-refractivity contribution in [2.75, 3.05) is 11.4 Å². The largest absolute Gasteiger partial charge is 0.352 e. The molecule has 3 atom stereocenters. The second-order valence-corrected chi connectivity index (χ2v) is 6.64. The summed E-state index contributed by atoms with van der Waals surface area (Å²) in [6, 6.07) is 4.92. The SMILES string of the molecule is CC1CC(C)C(C)N(c2nc3c(cc2C#N)CCC3)C1. The first-order valence-corrected chi connectivity index (χ1v) is 7.79. The molecule has 3 unspecified atom stereocenters. The van der Waals surface area contributed by atoms with E-state index < -0.39 is 0 Å². The fourth-order valence-corrected chi connectivity index (χ4v) is 3.76. The molecule has 1 aliphatic carbocycles. The molecule has 3 nitrogen and oxygen atoms in total. The second-order valence-electron chi connectivity index (χ2n) is 6.64. The predicted molar refractivity (Wildman–Crippen MR) is 80.7 cm³/mol. The van der Waals surface area contributed by atoms with Gasteiger partial charge in [0.05, 0.1) is 5.56 Å². The second kappa shape index (κ2) is 5.09. The fourth-order valence-electron chi connectivity index (χ4n) is 3.76. The Morgan fingerprint density at radius 2 is 2.10 bits per heavy atom. The van der Waals surface area contributed by atoms with Crippen molar-refractivity contribution in [1.82, 2.24) is 4.98 Å². The van der Waals surface area contributed by atoms with E-state index in [1.165, 1.54) is 24.1 Å². The van der Waals surface area contributed by atoms with Gasteiger partial charge in [0.25, 0.3) is 0 Å². The van der Waals surface area contributed by atoms with Crippen molar-refractivity contribution in [3.63, 3.8) is 0 Å². The quantitative estimate of drug-likeness (QED) is 0.785. The summed E-state index contributed by atoms with van der Waals surface area (Å²) >= 11 is 0. The van der Waals surface area contributed by atoms with Crippen molar-refractivity contribution in [2.45, 2.75) is 52.5 Å². The number of nitrogens with zero attached hydrogens (tertiary/aromatic N) is 3. The van der Waals surface area contributed by atoms with Crippen molar-refractivity contribution in [2.24, 2.45) is 11.8 Å². The summed E-state index contributed by atoms with van der Waals surface area (Å²) in [6.07, 6.45) is 4.60. The zero-order valence-corrected chi connectivity index (χ0v) is 12.7. The lowest BCUT2D eigenvalue weighted by atomic mass is 9.86. The Kier molecular flexibility index (Phi) is 3.41.